The first-order valence-corrected chi connectivity index (χ1v) is 10.1. The number of hydrogen-bond donors (Lipinski definition) is 0. The zero-order chi connectivity index (χ0) is 19.9. The largest absolute Gasteiger partial charge is 0.490 e. The van der Waals surface area contributed by atoms with Crippen molar-refractivity contribution >= 4 is 5.57 Å². The molecule has 1 atom stereocenters. The van der Waals surface area contributed by atoms with E-state index < -0.39 is 11.6 Å². The van der Waals surface area contributed by atoms with Gasteiger partial charge in [0.25, 0.3) is 0 Å². The first-order valence-electron chi connectivity index (χ1n) is 10.1. The summed E-state index contributed by atoms with van der Waals surface area (Å²) in [7, 11) is 0. The molecule has 0 radical (unpaired) electrons. The molecule has 0 fully saturated rings. The molecule has 1 aliphatic carbocycles. The van der Waals surface area contributed by atoms with Gasteiger partial charge in [0.05, 0.1) is 6.61 Å². The van der Waals surface area contributed by atoms with Gasteiger partial charge >= 0.3 is 0 Å². The highest BCUT2D eigenvalue weighted by Gasteiger charge is 2.22. The molecule has 0 N–H and O–H groups in total. The van der Waals surface area contributed by atoms with Crippen molar-refractivity contribution in [3.05, 3.63) is 83.5 Å². The number of hydrogen-bond acceptors (Lipinski definition) is 1. The summed E-state index contributed by atoms with van der Waals surface area (Å²) < 4.78 is 34.1. The molecule has 0 heterocycles. The number of rotatable bonds is 8. The first kappa shape index (κ1) is 20.3. The van der Waals surface area contributed by atoms with Crippen molar-refractivity contribution in [2.24, 2.45) is 0 Å². The lowest BCUT2D eigenvalue weighted by atomic mass is 9.82. The Balaban J connectivity index is 1.70. The van der Waals surface area contributed by atoms with Crippen LogP contribution in [0.15, 0.2) is 55.1 Å². The molecule has 0 spiro atoms. The third-order valence-corrected chi connectivity index (χ3v) is 5.35. The number of aryl methyl sites for hydroxylation is 1. The van der Waals surface area contributed by atoms with Crippen LogP contribution < -0.4 is 4.74 Å². The summed E-state index contributed by atoms with van der Waals surface area (Å²) in [6.07, 6.45) is 9.28. The fourth-order valence-electron chi connectivity index (χ4n) is 3.71. The smallest absolute Gasteiger partial charge is 0.201 e. The number of benzene rings is 2. The molecule has 0 amide bonds. The summed E-state index contributed by atoms with van der Waals surface area (Å²) in [6.45, 7) is 6.08. The van der Waals surface area contributed by atoms with E-state index in [1.807, 2.05) is 13.0 Å². The lowest BCUT2D eigenvalue weighted by molar-refractivity contribution is 0.295. The van der Waals surface area contributed by atoms with Crippen molar-refractivity contribution in [3.8, 4) is 5.75 Å². The van der Waals surface area contributed by atoms with E-state index in [0.717, 1.165) is 44.1 Å². The van der Waals surface area contributed by atoms with Crippen molar-refractivity contribution < 1.29 is 13.5 Å². The molecular formula is C25H28F2O. The van der Waals surface area contributed by atoms with Crippen LogP contribution >= 0.6 is 0 Å². The maximum Gasteiger partial charge on any atom is 0.201 e. The molecule has 3 rings (SSSR count). The van der Waals surface area contributed by atoms with Gasteiger partial charge in [0, 0.05) is 5.56 Å². The summed E-state index contributed by atoms with van der Waals surface area (Å²) in [6, 6.07) is 11.9. The standard InChI is InChI=1S/C25H28F2O/c1-3-5-6-18-7-9-19(10-8-18)20-11-13-21(14-12-20)22-15-16-23(28-17-4-2)25(27)24(22)26/h3,7-10,13,15-16,20H,1,4-6,11-12,14,17H2,2H3. The fourth-order valence-corrected chi connectivity index (χ4v) is 3.71. The summed E-state index contributed by atoms with van der Waals surface area (Å²) in [5, 5.41) is 0. The van der Waals surface area contributed by atoms with E-state index in [1.54, 1.807) is 6.07 Å². The second-order valence-corrected chi connectivity index (χ2v) is 7.36. The molecule has 2 aromatic carbocycles. The maximum atomic E-state index is 14.5. The molecule has 0 aromatic heterocycles. The molecule has 1 aliphatic rings. The zero-order valence-electron chi connectivity index (χ0n) is 16.5. The highest BCUT2D eigenvalue weighted by Crippen LogP contribution is 2.38. The Bertz CT molecular complexity index is 836. The third kappa shape index (κ3) is 4.70. The average molecular weight is 382 g/mol. The molecule has 1 nitrogen and oxygen atoms in total. The van der Waals surface area contributed by atoms with E-state index in [0.29, 0.717) is 18.1 Å². The molecule has 0 bridgehead atoms. The van der Waals surface area contributed by atoms with Crippen molar-refractivity contribution in [2.45, 2.75) is 51.4 Å². The van der Waals surface area contributed by atoms with Crippen LogP contribution in [-0.2, 0) is 6.42 Å². The van der Waals surface area contributed by atoms with Crippen LogP contribution in [0.2, 0.25) is 0 Å². The number of allylic oxidation sites excluding steroid dienone is 3. The Morgan fingerprint density at radius 2 is 1.89 bits per heavy atom. The molecule has 0 saturated heterocycles. The minimum atomic E-state index is -0.885. The SMILES string of the molecule is C=CCCc1ccc(C2CC=C(c3ccc(OCCC)c(F)c3F)CC2)cc1. The van der Waals surface area contributed by atoms with Crippen molar-refractivity contribution in [3.63, 3.8) is 0 Å². The molecule has 0 aliphatic heterocycles. The zero-order valence-corrected chi connectivity index (χ0v) is 16.5. The predicted octanol–water partition coefficient (Wildman–Crippen LogP) is 7.22. The van der Waals surface area contributed by atoms with E-state index in [1.165, 1.54) is 17.2 Å². The minimum absolute atomic E-state index is 0.00562. The van der Waals surface area contributed by atoms with Gasteiger partial charge in [-0.25, -0.2) is 4.39 Å². The van der Waals surface area contributed by atoms with Gasteiger partial charge in [-0.3, -0.25) is 0 Å². The fraction of sp³-hybridized carbons (Fsp3) is 0.360. The molecular weight excluding hydrogens is 354 g/mol. The Hall–Kier alpha value is -2.42. The van der Waals surface area contributed by atoms with Crippen molar-refractivity contribution in [1.29, 1.82) is 0 Å². The third-order valence-electron chi connectivity index (χ3n) is 5.35. The van der Waals surface area contributed by atoms with Gasteiger partial charge < -0.3 is 4.74 Å². The highest BCUT2D eigenvalue weighted by atomic mass is 19.2. The molecule has 28 heavy (non-hydrogen) atoms. The lowest BCUT2D eigenvalue weighted by Crippen LogP contribution is -2.06. The lowest BCUT2D eigenvalue weighted by Gasteiger charge is -2.23. The van der Waals surface area contributed by atoms with Gasteiger partial charge in [-0.05, 0) is 73.3 Å². The Labute approximate surface area is 166 Å². The highest BCUT2D eigenvalue weighted by molar-refractivity contribution is 5.68. The summed E-state index contributed by atoms with van der Waals surface area (Å²) in [5.74, 6) is -1.26. The quantitative estimate of drug-likeness (QED) is 0.438. The minimum Gasteiger partial charge on any atom is -0.490 e. The Kier molecular flexibility index (Phi) is 7.02. The van der Waals surface area contributed by atoms with Crippen LogP contribution in [0.5, 0.6) is 5.75 Å². The molecule has 2 aromatic rings. The van der Waals surface area contributed by atoms with Crippen LogP contribution in [-0.4, -0.2) is 6.61 Å². The summed E-state index contributed by atoms with van der Waals surface area (Å²) in [4.78, 5) is 0. The molecule has 148 valence electrons. The topological polar surface area (TPSA) is 9.23 Å². The van der Waals surface area contributed by atoms with E-state index >= 15 is 0 Å². The van der Waals surface area contributed by atoms with E-state index in [4.69, 9.17) is 4.74 Å². The van der Waals surface area contributed by atoms with Gasteiger partial charge in [0.1, 0.15) is 0 Å². The van der Waals surface area contributed by atoms with Gasteiger partial charge in [0.15, 0.2) is 11.6 Å². The summed E-state index contributed by atoms with van der Waals surface area (Å²) in [5.41, 5.74) is 3.88. The molecule has 3 heteroatoms. The van der Waals surface area contributed by atoms with Crippen LogP contribution in [0.4, 0.5) is 8.78 Å². The number of halogens is 2. The van der Waals surface area contributed by atoms with Crippen molar-refractivity contribution in [1.82, 2.24) is 0 Å². The second kappa shape index (κ2) is 9.68. The van der Waals surface area contributed by atoms with Gasteiger partial charge in [-0.1, -0.05) is 43.3 Å². The van der Waals surface area contributed by atoms with Crippen LogP contribution in [0.25, 0.3) is 5.57 Å². The molecule has 0 saturated carbocycles. The van der Waals surface area contributed by atoms with Gasteiger partial charge in [0.2, 0.25) is 5.82 Å². The Morgan fingerprint density at radius 1 is 1.11 bits per heavy atom. The Morgan fingerprint density at radius 3 is 2.54 bits per heavy atom. The van der Waals surface area contributed by atoms with Gasteiger partial charge in [-0.2, -0.15) is 4.39 Å². The van der Waals surface area contributed by atoms with Crippen LogP contribution in [0, 0.1) is 11.6 Å². The van der Waals surface area contributed by atoms with E-state index in [9.17, 15) is 8.78 Å². The van der Waals surface area contributed by atoms with E-state index in [-0.39, 0.29) is 5.75 Å². The average Bonchev–Trinajstić information content (AvgIpc) is 2.74. The normalized spacial score (nSPS) is 16.5. The van der Waals surface area contributed by atoms with Crippen molar-refractivity contribution in [2.75, 3.05) is 6.61 Å². The summed E-state index contributed by atoms with van der Waals surface area (Å²) >= 11 is 0. The monoisotopic (exact) mass is 382 g/mol. The van der Waals surface area contributed by atoms with Crippen LogP contribution in [0.3, 0.4) is 0 Å². The van der Waals surface area contributed by atoms with Gasteiger partial charge in [-0.15, -0.1) is 6.58 Å². The molecule has 1 unspecified atom stereocenters. The predicted molar refractivity (Wildman–Crippen MR) is 112 cm³/mol. The van der Waals surface area contributed by atoms with Crippen LogP contribution in [0.1, 0.15) is 61.6 Å². The first-order chi connectivity index (χ1) is 13.6. The maximum absolute atomic E-state index is 14.5. The second-order valence-electron chi connectivity index (χ2n) is 7.36. The number of ether oxygens (including phenoxy) is 1. The van der Waals surface area contributed by atoms with E-state index in [2.05, 4.69) is 36.9 Å².